The number of benzene rings is 3. The van der Waals surface area contributed by atoms with Crippen molar-refractivity contribution < 1.29 is 19.5 Å². The SMILES string of the molecule is CN1CC(=O)N2C(CN(Cc3cccc4c3cnn4C)C(=O)[C@@H]2Cc2ccc(O)cc2)N1C=O.CNCc1ccccc1. The topological polar surface area (TPSA) is 114 Å². The normalized spacial score (nSPS) is 18.8. The number of phenols is 1. The van der Waals surface area contributed by atoms with Crippen LogP contribution < -0.4 is 5.32 Å². The van der Waals surface area contributed by atoms with Crippen LogP contribution in [-0.4, -0.2) is 92.3 Å². The van der Waals surface area contributed by atoms with Crippen LogP contribution in [0.3, 0.4) is 0 Å². The van der Waals surface area contributed by atoms with Gasteiger partial charge in [0.2, 0.25) is 18.2 Å². The van der Waals surface area contributed by atoms with Crippen molar-refractivity contribution in [3.05, 3.63) is 95.7 Å². The smallest absolute Gasteiger partial charge is 0.246 e. The number of hydrogen-bond donors (Lipinski definition) is 2. The fraction of sp³-hybridized carbons (Fsp3) is 0.312. The lowest BCUT2D eigenvalue weighted by molar-refractivity contribution is -0.196. The van der Waals surface area contributed by atoms with E-state index in [1.165, 1.54) is 10.6 Å². The summed E-state index contributed by atoms with van der Waals surface area (Å²) in [6, 6.07) is 22.1. The molecule has 2 atom stereocenters. The second kappa shape index (κ2) is 13.1. The Morgan fingerprint density at radius 2 is 1.72 bits per heavy atom. The van der Waals surface area contributed by atoms with Crippen LogP contribution in [0.5, 0.6) is 5.75 Å². The van der Waals surface area contributed by atoms with Crippen LogP contribution in [0, 0.1) is 0 Å². The molecule has 1 aromatic heterocycles. The molecule has 0 spiro atoms. The number of phenolic OH excluding ortho intramolecular Hbond substituents is 1. The molecule has 224 valence electrons. The van der Waals surface area contributed by atoms with Crippen LogP contribution in [0.15, 0.2) is 79.0 Å². The molecule has 0 bridgehead atoms. The van der Waals surface area contributed by atoms with Gasteiger partial charge in [-0.05, 0) is 41.9 Å². The molecule has 6 rings (SSSR count). The number of rotatable bonds is 7. The number of hydrazine groups is 1. The van der Waals surface area contributed by atoms with Gasteiger partial charge in [-0.1, -0.05) is 54.6 Å². The number of nitrogens with one attached hydrogen (secondary N) is 1. The molecule has 2 aliphatic rings. The van der Waals surface area contributed by atoms with Gasteiger partial charge in [-0.25, -0.2) is 5.01 Å². The summed E-state index contributed by atoms with van der Waals surface area (Å²) in [7, 11) is 5.51. The molecule has 0 aliphatic carbocycles. The molecule has 1 unspecified atom stereocenters. The van der Waals surface area contributed by atoms with E-state index in [1.54, 1.807) is 57.0 Å². The van der Waals surface area contributed by atoms with Gasteiger partial charge in [0.05, 0.1) is 24.8 Å². The zero-order valence-electron chi connectivity index (χ0n) is 24.6. The molecule has 0 saturated carbocycles. The van der Waals surface area contributed by atoms with Gasteiger partial charge in [-0.2, -0.15) is 5.10 Å². The quantitative estimate of drug-likeness (QED) is 0.321. The van der Waals surface area contributed by atoms with E-state index >= 15 is 0 Å². The summed E-state index contributed by atoms with van der Waals surface area (Å²) in [5, 5.41) is 21.1. The van der Waals surface area contributed by atoms with E-state index in [0.717, 1.165) is 28.6 Å². The molecule has 2 aliphatic heterocycles. The first-order chi connectivity index (χ1) is 20.8. The van der Waals surface area contributed by atoms with Gasteiger partial charge in [-0.3, -0.25) is 24.1 Å². The minimum absolute atomic E-state index is 0.0175. The van der Waals surface area contributed by atoms with Crippen molar-refractivity contribution in [2.45, 2.75) is 31.7 Å². The Morgan fingerprint density at radius 3 is 2.42 bits per heavy atom. The van der Waals surface area contributed by atoms with E-state index in [4.69, 9.17) is 0 Å². The molecule has 4 aromatic rings. The molecule has 3 aromatic carbocycles. The largest absolute Gasteiger partial charge is 0.508 e. The molecular weight excluding hydrogens is 546 g/mol. The second-order valence-electron chi connectivity index (χ2n) is 10.8. The first-order valence-electron chi connectivity index (χ1n) is 14.2. The number of hydrogen-bond acceptors (Lipinski definition) is 7. The highest BCUT2D eigenvalue weighted by atomic mass is 16.3. The Balaban J connectivity index is 0.000000351. The van der Waals surface area contributed by atoms with Gasteiger partial charge >= 0.3 is 0 Å². The third kappa shape index (κ3) is 6.37. The van der Waals surface area contributed by atoms with Crippen molar-refractivity contribution >= 4 is 29.1 Å². The Morgan fingerprint density at radius 1 is 0.977 bits per heavy atom. The predicted molar refractivity (Wildman–Crippen MR) is 162 cm³/mol. The van der Waals surface area contributed by atoms with E-state index in [0.29, 0.717) is 13.0 Å². The molecule has 11 nitrogen and oxygen atoms in total. The molecule has 11 heteroatoms. The van der Waals surface area contributed by atoms with Crippen molar-refractivity contribution in [1.29, 1.82) is 0 Å². The summed E-state index contributed by atoms with van der Waals surface area (Å²) in [5.41, 5.74) is 4.06. The number of amides is 3. The van der Waals surface area contributed by atoms with Crippen molar-refractivity contribution in [2.24, 2.45) is 7.05 Å². The number of aromatic hydroxyl groups is 1. The zero-order chi connectivity index (χ0) is 30.5. The minimum atomic E-state index is -0.764. The number of carbonyl (C=O) groups is 3. The second-order valence-corrected chi connectivity index (χ2v) is 10.8. The van der Waals surface area contributed by atoms with Crippen LogP contribution in [0.25, 0.3) is 10.9 Å². The minimum Gasteiger partial charge on any atom is -0.508 e. The Labute approximate surface area is 250 Å². The fourth-order valence-electron chi connectivity index (χ4n) is 5.77. The Hall–Kier alpha value is -4.74. The molecule has 2 fully saturated rings. The van der Waals surface area contributed by atoms with Crippen molar-refractivity contribution in [2.75, 3.05) is 27.2 Å². The molecule has 43 heavy (non-hydrogen) atoms. The van der Waals surface area contributed by atoms with Gasteiger partial charge < -0.3 is 20.2 Å². The van der Waals surface area contributed by atoms with Gasteiger partial charge in [0, 0.05) is 39.0 Å². The lowest BCUT2D eigenvalue weighted by atomic mass is 9.98. The average molecular weight is 584 g/mol. The van der Waals surface area contributed by atoms with E-state index < -0.39 is 12.2 Å². The number of likely N-dealkylation sites (N-methyl/N-ethyl adjacent to an activating group) is 1. The maximum Gasteiger partial charge on any atom is 0.246 e. The van der Waals surface area contributed by atoms with Gasteiger partial charge in [0.15, 0.2) is 0 Å². The average Bonchev–Trinajstić information content (AvgIpc) is 3.39. The highest BCUT2D eigenvalue weighted by molar-refractivity contribution is 5.91. The first kappa shape index (κ1) is 29.7. The first-order valence-corrected chi connectivity index (χ1v) is 14.2. The van der Waals surface area contributed by atoms with Crippen molar-refractivity contribution in [3.8, 4) is 5.75 Å². The third-order valence-electron chi connectivity index (χ3n) is 7.93. The highest BCUT2D eigenvalue weighted by Gasteiger charge is 2.49. The Bertz CT molecular complexity index is 1570. The summed E-state index contributed by atoms with van der Waals surface area (Å²) in [6.07, 6.45) is 2.18. The van der Waals surface area contributed by atoms with Crippen LogP contribution in [0.4, 0.5) is 0 Å². The highest BCUT2D eigenvalue weighted by Crippen LogP contribution is 2.29. The Kier molecular flexibility index (Phi) is 9.03. The summed E-state index contributed by atoms with van der Waals surface area (Å²) < 4.78 is 1.79. The zero-order valence-corrected chi connectivity index (χ0v) is 24.6. The van der Waals surface area contributed by atoms with Gasteiger partial charge in [0.1, 0.15) is 18.0 Å². The molecule has 2 N–H and O–H groups in total. The van der Waals surface area contributed by atoms with E-state index in [1.807, 2.05) is 50.5 Å². The summed E-state index contributed by atoms with van der Waals surface area (Å²) >= 11 is 0. The molecule has 3 amide bonds. The van der Waals surface area contributed by atoms with E-state index in [-0.39, 0.29) is 37.1 Å². The lowest BCUT2D eigenvalue weighted by Gasteiger charge is -2.53. The third-order valence-corrected chi connectivity index (χ3v) is 7.93. The number of nitrogens with zero attached hydrogens (tertiary/aromatic N) is 6. The predicted octanol–water partition coefficient (Wildman–Crippen LogP) is 2.11. The summed E-state index contributed by atoms with van der Waals surface area (Å²) in [5.74, 6) is -0.240. The molecule has 2 saturated heterocycles. The summed E-state index contributed by atoms with van der Waals surface area (Å²) in [4.78, 5) is 42.1. The number of carbonyl (C=O) groups excluding carboxylic acids is 3. The number of piperazine rings is 1. The number of aryl methyl sites for hydroxylation is 1. The van der Waals surface area contributed by atoms with Crippen LogP contribution >= 0.6 is 0 Å². The van der Waals surface area contributed by atoms with Crippen molar-refractivity contribution in [3.63, 3.8) is 0 Å². The fourth-order valence-corrected chi connectivity index (χ4v) is 5.77. The molecular formula is C32H37N7O4. The van der Waals surface area contributed by atoms with Crippen molar-refractivity contribution in [1.82, 2.24) is 34.9 Å². The summed E-state index contributed by atoms with van der Waals surface area (Å²) in [6.45, 7) is 1.52. The number of fused-ring (bicyclic) bond motifs is 2. The standard InChI is InChI=1S/C24H26N6O4.C8H11N/c1-26-14-23(33)30-21(10-16-6-8-18(32)9-7-16)24(34)28(13-22(30)29(26)15-31)12-17-4-3-5-20-19(17)11-25-27(20)2;1-9-7-8-5-3-2-4-6-8/h3-9,11,15,21-22,32H,10,12-14H2,1-2H3;2-6,9H,7H2,1H3/t21-,22?;/m0./s1. The monoisotopic (exact) mass is 583 g/mol. The maximum atomic E-state index is 13.8. The van der Waals surface area contributed by atoms with E-state index in [2.05, 4.69) is 22.5 Å². The molecule has 0 radical (unpaired) electrons. The lowest BCUT2D eigenvalue weighted by Crippen LogP contribution is -2.74. The van der Waals surface area contributed by atoms with Crippen LogP contribution in [0.2, 0.25) is 0 Å². The maximum absolute atomic E-state index is 13.8. The van der Waals surface area contributed by atoms with Crippen LogP contribution in [0.1, 0.15) is 16.7 Å². The van der Waals surface area contributed by atoms with E-state index in [9.17, 15) is 19.5 Å². The van der Waals surface area contributed by atoms with Gasteiger partial charge in [-0.15, -0.1) is 0 Å². The number of aromatic nitrogens is 2. The molecule has 3 heterocycles. The van der Waals surface area contributed by atoms with Gasteiger partial charge in [0.25, 0.3) is 0 Å². The van der Waals surface area contributed by atoms with Crippen LogP contribution in [-0.2, 0) is 40.9 Å².